The van der Waals surface area contributed by atoms with Crippen LogP contribution in [0.15, 0.2) is 0 Å². The summed E-state index contributed by atoms with van der Waals surface area (Å²) in [6.45, 7) is 4.81. The van der Waals surface area contributed by atoms with E-state index in [2.05, 4.69) is 19.2 Å². The minimum absolute atomic E-state index is 0.815. The van der Waals surface area contributed by atoms with Crippen LogP contribution in [0, 0.1) is 11.8 Å². The quantitative estimate of drug-likeness (QED) is 0.681. The lowest BCUT2D eigenvalue weighted by molar-refractivity contribution is 0.302. The Hall–Kier alpha value is -0.0400. The molecule has 2 aliphatic rings. The third kappa shape index (κ3) is 5.10. The van der Waals surface area contributed by atoms with Crippen molar-refractivity contribution in [3.63, 3.8) is 0 Å². The van der Waals surface area contributed by atoms with Gasteiger partial charge in [0.05, 0.1) is 0 Å². The predicted octanol–water partition coefficient (Wildman–Crippen LogP) is 5.29. The van der Waals surface area contributed by atoms with Gasteiger partial charge in [-0.15, -0.1) is 0 Å². The molecule has 4 unspecified atom stereocenters. The molecule has 2 aliphatic carbocycles. The Labute approximate surface area is 120 Å². The van der Waals surface area contributed by atoms with Gasteiger partial charge in [-0.05, 0) is 43.9 Å². The SMILES string of the molecule is CCCC1CCCC(NC2CCCCCC2C)CC1. The summed E-state index contributed by atoms with van der Waals surface area (Å²) < 4.78 is 0. The van der Waals surface area contributed by atoms with Gasteiger partial charge in [0.25, 0.3) is 0 Å². The normalized spacial score (nSPS) is 37.6. The largest absolute Gasteiger partial charge is 0.311 e. The average Bonchev–Trinajstić information content (AvgIpc) is 2.73. The van der Waals surface area contributed by atoms with Crippen LogP contribution in [-0.2, 0) is 0 Å². The molecule has 1 heteroatoms. The molecule has 19 heavy (non-hydrogen) atoms. The van der Waals surface area contributed by atoms with E-state index in [0.717, 1.165) is 23.9 Å². The van der Waals surface area contributed by atoms with Crippen LogP contribution in [0.3, 0.4) is 0 Å². The maximum Gasteiger partial charge on any atom is 0.00952 e. The molecule has 0 aliphatic heterocycles. The molecule has 0 aromatic rings. The molecule has 0 aromatic heterocycles. The second kappa shape index (κ2) is 8.29. The molecule has 4 atom stereocenters. The number of hydrogen-bond donors (Lipinski definition) is 1. The Kier molecular flexibility index (Phi) is 6.70. The summed E-state index contributed by atoms with van der Waals surface area (Å²) in [6.07, 6.45) is 17.4. The molecule has 2 fully saturated rings. The van der Waals surface area contributed by atoms with Crippen molar-refractivity contribution in [3.05, 3.63) is 0 Å². The Morgan fingerprint density at radius 1 is 0.842 bits per heavy atom. The highest BCUT2D eigenvalue weighted by Gasteiger charge is 2.24. The first-order chi connectivity index (χ1) is 9.29. The molecule has 0 spiro atoms. The summed E-state index contributed by atoms with van der Waals surface area (Å²) >= 11 is 0. The van der Waals surface area contributed by atoms with Crippen molar-refractivity contribution in [2.45, 2.75) is 103 Å². The van der Waals surface area contributed by atoms with Crippen LogP contribution in [0.2, 0.25) is 0 Å². The van der Waals surface area contributed by atoms with Crippen molar-refractivity contribution in [1.29, 1.82) is 0 Å². The molecule has 0 heterocycles. The highest BCUT2D eigenvalue weighted by atomic mass is 15.0. The molecule has 1 nitrogen and oxygen atoms in total. The summed E-state index contributed by atoms with van der Waals surface area (Å²) in [4.78, 5) is 0. The van der Waals surface area contributed by atoms with Gasteiger partial charge in [0.2, 0.25) is 0 Å². The van der Waals surface area contributed by atoms with Crippen LogP contribution in [0.25, 0.3) is 0 Å². The second-order valence-electron chi connectivity index (χ2n) is 7.25. The first-order valence-electron chi connectivity index (χ1n) is 9.05. The van der Waals surface area contributed by atoms with Gasteiger partial charge in [-0.1, -0.05) is 58.8 Å². The number of rotatable bonds is 4. The van der Waals surface area contributed by atoms with Crippen LogP contribution < -0.4 is 5.32 Å². The van der Waals surface area contributed by atoms with E-state index in [1.54, 1.807) is 0 Å². The zero-order valence-electron chi connectivity index (χ0n) is 13.3. The van der Waals surface area contributed by atoms with Gasteiger partial charge in [0, 0.05) is 12.1 Å². The van der Waals surface area contributed by atoms with Crippen molar-refractivity contribution in [3.8, 4) is 0 Å². The first-order valence-corrected chi connectivity index (χ1v) is 9.05. The van der Waals surface area contributed by atoms with Crippen LogP contribution in [0.1, 0.15) is 90.9 Å². The van der Waals surface area contributed by atoms with Gasteiger partial charge >= 0.3 is 0 Å². The zero-order chi connectivity index (χ0) is 13.5. The number of nitrogens with one attached hydrogen (secondary N) is 1. The maximum atomic E-state index is 4.05. The van der Waals surface area contributed by atoms with Crippen molar-refractivity contribution < 1.29 is 0 Å². The van der Waals surface area contributed by atoms with Crippen LogP contribution in [0.4, 0.5) is 0 Å². The van der Waals surface area contributed by atoms with Crippen LogP contribution in [0.5, 0.6) is 0 Å². The minimum Gasteiger partial charge on any atom is -0.311 e. The van der Waals surface area contributed by atoms with Gasteiger partial charge in [-0.2, -0.15) is 0 Å². The zero-order valence-corrected chi connectivity index (χ0v) is 13.3. The van der Waals surface area contributed by atoms with E-state index in [-0.39, 0.29) is 0 Å². The van der Waals surface area contributed by atoms with E-state index in [1.807, 2.05) is 0 Å². The maximum absolute atomic E-state index is 4.05. The average molecular weight is 265 g/mol. The lowest BCUT2D eigenvalue weighted by atomic mass is 9.94. The van der Waals surface area contributed by atoms with E-state index in [9.17, 15) is 0 Å². The molecule has 2 saturated carbocycles. The third-order valence-electron chi connectivity index (χ3n) is 5.60. The fraction of sp³-hybridized carbons (Fsp3) is 1.00. The van der Waals surface area contributed by atoms with Gasteiger partial charge in [0.1, 0.15) is 0 Å². The molecule has 0 aromatic carbocycles. The molecule has 112 valence electrons. The Morgan fingerprint density at radius 3 is 2.53 bits per heavy atom. The van der Waals surface area contributed by atoms with E-state index in [4.69, 9.17) is 0 Å². The monoisotopic (exact) mass is 265 g/mol. The van der Waals surface area contributed by atoms with Crippen molar-refractivity contribution >= 4 is 0 Å². The van der Waals surface area contributed by atoms with E-state index in [1.165, 1.54) is 77.0 Å². The molecule has 0 radical (unpaired) electrons. The van der Waals surface area contributed by atoms with Crippen molar-refractivity contribution in [2.75, 3.05) is 0 Å². The summed E-state index contributed by atoms with van der Waals surface area (Å²) in [5.74, 6) is 1.93. The third-order valence-corrected chi connectivity index (χ3v) is 5.60. The highest BCUT2D eigenvalue weighted by Crippen LogP contribution is 2.29. The summed E-state index contributed by atoms with van der Waals surface area (Å²) in [5.41, 5.74) is 0. The van der Waals surface area contributed by atoms with E-state index in [0.29, 0.717) is 0 Å². The lowest BCUT2D eigenvalue weighted by Gasteiger charge is -2.28. The van der Waals surface area contributed by atoms with Crippen LogP contribution >= 0.6 is 0 Å². The molecular weight excluding hydrogens is 230 g/mol. The smallest absolute Gasteiger partial charge is 0.00952 e. The van der Waals surface area contributed by atoms with E-state index >= 15 is 0 Å². The fourth-order valence-corrected chi connectivity index (χ4v) is 4.29. The van der Waals surface area contributed by atoms with Gasteiger partial charge in [0.15, 0.2) is 0 Å². The Balaban J connectivity index is 1.78. The standard InChI is InChI=1S/C18H35N/c1-3-8-16-10-7-11-17(14-13-16)19-18-12-6-4-5-9-15(18)2/h15-19H,3-14H2,1-2H3. The van der Waals surface area contributed by atoms with Crippen molar-refractivity contribution in [1.82, 2.24) is 5.32 Å². The second-order valence-corrected chi connectivity index (χ2v) is 7.25. The van der Waals surface area contributed by atoms with Gasteiger partial charge < -0.3 is 5.32 Å². The fourth-order valence-electron chi connectivity index (χ4n) is 4.29. The Bertz CT molecular complexity index is 238. The molecule has 0 saturated heterocycles. The summed E-state index contributed by atoms with van der Waals surface area (Å²) in [6, 6.07) is 1.64. The Morgan fingerprint density at radius 2 is 1.68 bits per heavy atom. The summed E-state index contributed by atoms with van der Waals surface area (Å²) in [7, 11) is 0. The molecular formula is C18H35N. The molecule has 2 rings (SSSR count). The van der Waals surface area contributed by atoms with E-state index < -0.39 is 0 Å². The molecule has 0 bridgehead atoms. The van der Waals surface area contributed by atoms with Gasteiger partial charge in [-0.25, -0.2) is 0 Å². The highest BCUT2D eigenvalue weighted by molar-refractivity contribution is 4.83. The lowest BCUT2D eigenvalue weighted by Crippen LogP contribution is -2.41. The van der Waals surface area contributed by atoms with Crippen molar-refractivity contribution in [2.24, 2.45) is 11.8 Å². The predicted molar refractivity (Wildman–Crippen MR) is 84.4 cm³/mol. The van der Waals surface area contributed by atoms with Crippen LogP contribution in [-0.4, -0.2) is 12.1 Å². The number of hydrogen-bond acceptors (Lipinski definition) is 1. The topological polar surface area (TPSA) is 12.0 Å². The summed E-state index contributed by atoms with van der Waals surface area (Å²) in [5, 5.41) is 4.05. The minimum atomic E-state index is 0.815. The van der Waals surface area contributed by atoms with Gasteiger partial charge in [-0.3, -0.25) is 0 Å². The molecule has 1 N–H and O–H groups in total. The molecule has 0 amide bonds. The first kappa shape index (κ1) is 15.4.